The molecule has 2 amide bonds. The quantitative estimate of drug-likeness (QED) is 0.532. The number of ether oxygens (including phenoxy) is 2. The maximum atomic E-state index is 13.1. The molecule has 1 heterocycles. The summed E-state index contributed by atoms with van der Waals surface area (Å²) in [5.74, 6) is -1.05. The molecule has 1 aliphatic rings. The number of hydrogen-bond acceptors (Lipinski definition) is 7. The molecule has 1 unspecified atom stereocenters. The molecule has 35 heavy (non-hydrogen) atoms. The van der Waals surface area contributed by atoms with Crippen LogP contribution in [0.25, 0.3) is 0 Å². The summed E-state index contributed by atoms with van der Waals surface area (Å²) in [4.78, 5) is 28.5. The monoisotopic (exact) mass is 527 g/mol. The summed E-state index contributed by atoms with van der Waals surface area (Å²) in [5.41, 5.74) is 1.00. The van der Waals surface area contributed by atoms with Gasteiger partial charge in [-0.1, -0.05) is 23.7 Å². The lowest BCUT2D eigenvalue weighted by Gasteiger charge is -2.39. The first-order valence-corrected chi connectivity index (χ1v) is 13.1. The molecule has 9 nitrogen and oxygen atoms in total. The first-order chi connectivity index (χ1) is 16.5. The van der Waals surface area contributed by atoms with E-state index in [-0.39, 0.29) is 35.9 Å². The fourth-order valence-electron chi connectivity index (χ4n) is 3.71. The maximum absolute atomic E-state index is 13.1. The molecule has 12 heteroatoms. The van der Waals surface area contributed by atoms with Gasteiger partial charge in [0.2, 0.25) is 10.0 Å². The van der Waals surface area contributed by atoms with Crippen LogP contribution in [0, 0.1) is 5.82 Å². The number of sulfonamides is 1. The lowest BCUT2D eigenvalue weighted by molar-refractivity contribution is -0.138. The Hall–Kier alpha value is -2.89. The van der Waals surface area contributed by atoms with Gasteiger partial charge in [0, 0.05) is 43.3 Å². The molecule has 0 aromatic heterocycles. The fraction of sp³-hybridized carbons (Fsp3) is 0.391. The molecule has 1 aliphatic heterocycles. The predicted octanol–water partition coefficient (Wildman–Crippen LogP) is 2.05. The Kier molecular flexibility index (Phi) is 8.92. The highest BCUT2D eigenvalue weighted by molar-refractivity contribution is 7.89. The number of rotatable bonds is 9. The number of amides is 2. The molecule has 2 aromatic carbocycles. The molecule has 190 valence electrons. The van der Waals surface area contributed by atoms with E-state index in [1.165, 1.54) is 24.3 Å². The lowest BCUT2D eigenvalue weighted by atomic mass is 10.1. The fourth-order valence-corrected chi connectivity index (χ4v) is 4.35. The number of piperazine rings is 1. The minimum Gasteiger partial charge on any atom is -0.480 e. The molecule has 0 radical (unpaired) electrons. The molecule has 1 fully saturated rings. The number of halogens is 2. The summed E-state index contributed by atoms with van der Waals surface area (Å²) in [6.45, 7) is 3.63. The molecule has 0 bridgehead atoms. The maximum Gasteiger partial charge on any atom is 0.271 e. The van der Waals surface area contributed by atoms with Gasteiger partial charge in [0.25, 0.3) is 11.8 Å². The summed E-state index contributed by atoms with van der Waals surface area (Å²) < 4.78 is 48.2. The highest BCUT2D eigenvalue weighted by Crippen LogP contribution is 2.30. The second-order valence-corrected chi connectivity index (χ2v) is 10.4. The summed E-state index contributed by atoms with van der Waals surface area (Å²) in [5, 5.41) is 0.313. The number of nitrogens with one attached hydrogen (secondary N) is 1. The van der Waals surface area contributed by atoms with E-state index in [0.717, 1.165) is 11.8 Å². The van der Waals surface area contributed by atoms with Crippen LogP contribution in [0.2, 0.25) is 5.02 Å². The SMILES string of the molecule is CC1CN(Cc2ccc(F)cc2)CCN1C(=O)COc1ccc(Cl)cc1OCC(=O)NS(C)(=O)=O. The summed E-state index contributed by atoms with van der Waals surface area (Å²) >= 11 is 5.99. The molecule has 0 spiro atoms. The van der Waals surface area contributed by atoms with Crippen molar-refractivity contribution in [2.24, 2.45) is 0 Å². The highest BCUT2D eigenvalue weighted by atomic mass is 35.5. The van der Waals surface area contributed by atoms with E-state index in [4.69, 9.17) is 21.1 Å². The number of benzene rings is 2. The van der Waals surface area contributed by atoms with Crippen LogP contribution in [-0.2, 0) is 26.2 Å². The largest absolute Gasteiger partial charge is 0.480 e. The third-order valence-corrected chi connectivity index (χ3v) is 6.10. The van der Waals surface area contributed by atoms with Gasteiger partial charge >= 0.3 is 0 Å². The van der Waals surface area contributed by atoms with Gasteiger partial charge in [-0.05, 0) is 36.8 Å². The smallest absolute Gasteiger partial charge is 0.271 e. The zero-order valence-corrected chi connectivity index (χ0v) is 20.9. The topological polar surface area (TPSA) is 105 Å². The van der Waals surface area contributed by atoms with Gasteiger partial charge in [-0.15, -0.1) is 0 Å². The number of hydrogen-bond donors (Lipinski definition) is 1. The Morgan fingerprint density at radius 1 is 1.09 bits per heavy atom. The van der Waals surface area contributed by atoms with Crippen molar-refractivity contribution in [3.63, 3.8) is 0 Å². The Morgan fingerprint density at radius 2 is 1.77 bits per heavy atom. The summed E-state index contributed by atoms with van der Waals surface area (Å²) in [6, 6.07) is 10.8. The van der Waals surface area contributed by atoms with Crippen molar-refractivity contribution in [3.05, 3.63) is 58.9 Å². The highest BCUT2D eigenvalue weighted by Gasteiger charge is 2.28. The van der Waals surface area contributed by atoms with E-state index in [2.05, 4.69) is 4.90 Å². The van der Waals surface area contributed by atoms with E-state index in [1.54, 1.807) is 27.8 Å². The van der Waals surface area contributed by atoms with Crippen molar-refractivity contribution in [2.75, 3.05) is 39.1 Å². The Balaban J connectivity index is 1.53. The third kappa shape index (κ3) is 8.37. The average Bonchev–Trinajstić information content (AvgIpc) is 2.77. The van der Waals surface area contributed by atoms with Gasteiger partial charge in [-0.3, -0.25) is 19.2 Å². The Labute approximate surface area is 208 Å². The molecular formula is C23H27ClFN3O6S. The first kappa shape index (κ1) is 26.7. The minimum absolute atomic E-state index is 0.0547. The number of carbonyl (C=O) groups excluding carboxylic acids is 2. The van der Waals surface area contributed by atoms with Crippen LogP contribution >= 0.6 is 11.6 Å². The molecule has 0 aliphatic carbocycles. The molecule has 1 saturated heterocycles. The van der Waals surface area contributed by atoms with Gasteiger partial charge < -0.3 is 14.4 Å². The van der Waals surface area contributed by atoms with Crippen LogP contribution in [0.4, 0.5) is 4.39 Å². The van der Waals surface area contributed by atoms with Gasteiger partial charge in [0.1, 0.15) is 5.82 Å². The Bertz CT molecular complexity index is 1160. The van der Waals surface area contributed by atoms with Crippen molar-refractivity contribution >= 4 is 33.4 Å². The summed E-state index contributed by atoms with van der Waals surface area (Å²) in [6.07, 6.45) is 0.855. The lowest BCUT2D eigenvalue weighted by Crippen LogP contribution is -2.54. The standard InChI is InChI=1S/C23H27ClFN3O6S/c1-16-12-27(13-17-3-6-19(25)7-4-17)9-10-28(16)23(30)15-34-20-8-5-18(24)11-21(20)33-14-22(29)26-35(2,31)32/h3-8,11,16H,9-10,12-15H2,1-2H3,(H,26,29). The average molecular weight is 528 g/mol. The summed E-state index contributed by atoms with van der Waals surface area (Å²) in [7, 11) is -3.71. The van der Waals surface area contributed by atoms with E-state index in [9.17, 15) is 22.4 Å². The van der Waals surface area contributed by atoms with Crippen LogP contribution in [0.15, 0.2) is 42.5 Å². The predicted molar refractivity (Wildman–Crippen MR) is 128 cm³/mol. The first-order valence-electron chi connectivity index (χ1n) is 10.8. The second kappa shape index (κ2) is 11.7. The normalized spacial score (nSPS) is 16.6. The van der Waals surface area contributed by atoms with Crippen molar-refractivity contribution in [1.82, 2.24) is 14.5 Å². The van der Waals surface area contributed by atoms with E-state index in [1.807, 2.05) is 6.92 Å². The van der Waals surface area contributed by atoms with Crippen LogP contribution in [0.3, 0.4) is 0 Å². The van der Waals surface area contributed by atoms with E-state index >= 15 is 0 Å². The van der Waals surface area contributed by atoms with E-state index < -0.39 is 22.5 Å². The molecule has 1 atom stereocenters. The second-order valence-electron chi connectivity index (χ2n) is 8.26. The third-order valence-electron chi connectivity index (χ3n) is 5.27. The Morgan fingerprint density at radius 3 is 2.43 bits per heavy atom. The number of nitrogens with zero attached hydrogens (tertiary/aromatic N) is 2. The van der Waals surface area contributed by atoms with Crippen LogP contribution in [0.1, 0.15) is 12.5 Å². The van der Waals surface area contributed by atoms with Gasteiger partial charge in [-0.2, -0.15) is 0 Å². The zero-order chi connectivity index (χ0) is 25.6. The van der Waals surface area contributed by atoms with Crippen molar-refractivity contribution in [3.8, 4) is 11.5 Å². The molecule has 1 N–H and O–H groups in total. The van der Waals surface area contributed by atoms with Gasteiger partial charge in [0.05, 0.1) is 6.26 Å². The molecule has 3 rings (SSSR count). The molecule has 2 aromatic rings. The van der Waals surface area contributed by atoms with Gasteiger partial charge in [-0.25, -0.2) is 12.8 Å². The van der Waals surface area contributed by atoms with Crippen molar-refractivity contribution in [2.45, 2.75) is 19.5 Å². The molecular weight excluding hydrogens is 501 g/mol. The van der Waals surface area contributed by atoms with Crippen molar-refractivity contribution in [1.29, 1.82) is 0 Å². The minimum atomic E-state index is -3.71. The zero-order valence-electron chi connectivity index (χ0n) is 19.4. The van der Waals surface area contributed by atoms with Crippen LogP contribution in [0.5, 0.6) is 11.5 Å². The van der Waals surface area contributed by atoms with E-state index in [0.29, 0.717) is 31.2 Å². The van der Waals surface area contributed by atoms with Crippen LogP contribution in [-0.4, -0.2) is 75.2 Å². The van der Waals surface area contributed by atoms with Gasteiger partial charge in [0.15, 0.2) is 24.7 Å². The van der Waals surface area contributed by atoms with Crippen LogP contribution < -0.4 is 14.2 Å². The van der Waals surface area contributed by atoms with Crippen molar-refractivity contribution < 1.29 is 31.9 Å². The number of carbonyl (C=O) groups is 2. The molecule has 0 saturated carbocycles.